The molecule has 2 N–H and O–H groups in total. The minimum atomic E-state index is -0.403. The molecule has 0 bridgehead atoms. The Balaban J connectivity index is 0.000000370. The van der Waals surface area contributed by atoms with Crippen molar-refractivity contribution in [1.29, 1.82) is 0 Å². The lowest BCUT2D eigenvalue weighted by Crippen LogP contribution is -2.36. The van der Waals surface area contributed by atoms with E-state index < -0.39 is 12.2 Å². The predicted octanol–water partition coefficient (Wildman–Crippen LogP) is 1.65. The number of thioether (sulfide) groups is 1. The molecule has 2 fully saturated rings. The van der Waals surface area contributed by atoms with Crippen LogP contribution in [-0.4, -0.2) is 65.0 Å². The maximum Gasteiger partial charge on any atom is 0.411 e. The van der Waals surface area contributed by atoms with Crippen molar-refractivity contribution in [3.63, 3.8) is 0 Å². The first-order valence-electron chi connectivity index (χ1n) is 7.81. The van der Waals surface area contributed by atoms with Crippen LogP contribution in [0.1, 0.15) is 19.8 Å². The molecule has 2 rings (SSSR count). The Morgan fingerprint density at radius 3 is 2.72 bits per heavy atom. The van der Waals surface area contributed by atoms with Crippen molar-refractivity contribution in [2.45, 2.75) is 31.1 Å². The number of nitrogens with zero attached hydrogens (tertiary/aromatic N) is 1. The molecule has 2 heterocycles. The summed E-state index contributed by atoms with van der Waals surface area (Å²) in [5.74, 6) is 0. The fourth-order valence-electron chi connectivity index (χ4n) is 2.42. The molecule has 9 heteroatoms. The molecule has 0 radical (unpaired) electrons. The van der Waals surface area contributed by atoms with Crippen molar-refractivity contribution in [2.75, 3.05) is 26.4 Å². The zero-order valence-electron chi connectivity index (χ0n) is 14.2. The van der Waals surface area contributed by atoms with E-state index in [-0.39, 0.29) is 29.6 Å². The molecule has 0 aromatic heterocycles. The second-order valence-electron chi connectivity index (χ2n) is 5.46. The van der Waals surface area contributed by atoms with Crippen molar-refractivity contribution in [1.82, 2.24) is 10.2 Å². The second kappa shape index (κ2) is 10.8. The van der Waals surface area contributed by atoms with E-state index in [1.54, 1.807) is 4.90 Å². The van der Waals surface area contributed by atoms with Gasteiger partial charge in [0.15, 0.2) is 5.12 Å². The maximum absolute atomic E-state index is 11.8. The summed E-state index contributed by atoms with van der Waals surface area (Å²) in [7, 11) is 0. The summed E-state index contributed by atoms with van der Waals surface area (Å²) in [6.45, 7) is 9.45. The number of ether oxygens (including phenoxy) is 2. The Kier molecular flexibility index (Phi) is 9.07. The number of hydrogen-bond donors (Lipinski definition) is 2. The van der Waals surface area contributed by atoms with Gasteiger partial charge in [0.2, 0.25) is 0 Å². The highest BCUT2D eigenvalue weighted by Gasteiger charge is 2.36. The molecule has 8 nitrogen and oxygen atoms in total. The van der Waals surface area contributed by atoms with Gasteiger partial charge in [-0.05, 0) is 12.8 Å². The summed E-state index contributed by atoms with van der Waals surface area (Å²) in [6.07, 6.45) is 1.94. The average molecular weight is 372 g/mol. The summed E-state index contributed by atoms with van der Waals surface area (Å²) < 4.78 is 9.41. The molecule has 0 saturated carbocycles. The Labute approximate surface area is 151 Å². The average Bonchev–Trinajstić information content (AvgIpc) is 3.11. The van der Waals surface area contributed by atoms with Gasteiger partial charge in [-0.3, -0.25) is 10.1 Å². The molecule has 2 amide bonds. The van der Waals surface area contributed by atoms with Gasteiger partial charge in [0.1, 0.15) is 13.2 Å². The zero-order chi connectivity index (χ0) is 18.8. The van der Waals surface area contributed by atoms with Crippen molar-refractivity contribution in [3.05, 3.63) is 24.9 Å². The Hall–Kier alpha value is -2.00. The second-order valence-corrected chi connectivity index (χ2v) is 6.93. The molecule has 0 spiro atoms. The van der Waals surface area contributed by atoms with E-state index in [1.165, 1.54) is 24.8 Å². The number of aliphatic hydroxyl groups is 1. The highest BCUT2D eigenvalue weighted by atomic mass is 32.2. The number of likely N-dealkylation sites (tertiary alicyclic amines) is 1. The third-order valence-electron chi connectivity index (χ3n) is 3.39. The van der Waals surface area contributed by atoms with Crippen LogP contribution >= 0.6 is 11.8 Å². The smallest absolute Gasteiger partial charge is 0.411 e. The highest BCUT2D eigenvalue weighted by molar-refractivity contribution is 8.14. The number of nitrogens with one attached hydrogen (secondary N) is 1. The lowest BCUT2D eigenvalue weighted by atomic mass is 10.1. The molecular formula is C16H24N2O6S. The third kappa shape index (κ3) is 7.61. The lowest BCUT2D eigenvalue weighted by molar-refractivity contribution is -0.109. The van der Waals surface area contributed by atoms with Gasteiger partial charge in [0.25, 0.3) is 0 Å². The molecule has 0 unspecified atom stereocenters. The van der Waals surface area contributed by atoms with Crippen LogP contribution in [0.4, 0.5) is 9.59 Å². The fourth-order valence-corrected chi connectivity index (χ4v) is 3.45. The topological polar surface area (TPSA) is 105 Å². The number of carbonyl (C=O) groups excluding carboxylic acids is 3. The van der Waals surface area contributed by atoms with Gasteiger partial charge in [-0.25, -0.2) is 9.59 Å². The van der Waals surface area contributed by atoms with Crippen LogP contribution < -0.4 is 5.32 Å². The number of hydrogen-bond acceptors (Lipinski definition) is 7. The maximum atomic E-state index is 11.8. The Bertz CT molecular complexity index is 511. The third-order valence-corrected chi connectivity index (χ3v) is 4.39. The number of rotatable bonds is 5. The molecule has 140 valence electrons. The van der Waals surface area contributed by atoms with Crippen LogP contribution in [0.3, 0.4) is 0 Å². The van der Waals surface area contributed by atoms with Crippen LogP contribution in [-0.2, 0) is 14.3 Å². The molecule has 0 aromatic carbocycles. The van der Waals surface area contributed by atoms with Crippen molar-refractivity contribution >= 4 is 29.1 Å². The van der Waals surface area contributed by atoms with Crippen LogP contribution in [0.5, 0.6) is 0 Å². The van der Waals surface area contributed by atoms with E-state index in [4.69, 9.17) is 9.84 Å². The number of cyclic esters (lactones) is 1. The van der Waals surface area contributed by atoms with Crippen molar-refractivity contribution < 1.29 is 29.0 Å². The molecule has 2 saturated heterocycles. The monoisotopic (exact) mass is 372 g/mol. The SMILES string of the molecule is C=C1COC(=O)N1.C=CCOC(=O)N1C[C@@H](SC(C)=O)C[C@@H]1CCO. The number of amides is 2. The normalized spacial score (nSPS) is 21.8. The molecule has 0 aromatic rings. The summed E-state index contributed by atoms with van der Waals surface area (Å²) in [6, 6.07) is -0.0517. The first-order valence-corrected chi connectivity index (χ1v) is 8.69. The van der Waals surface area contributed by atoms with Crippen molar-refractivity contribution in [3.8, 4) is 0 Å². The van der Waals surface area contributed by atoms with E-state index in [1.807, 2.05) is 0 Å². The molecule has 2 atom stereocenters. The van der Waals surface area contributed by atoms with Crippen LogP contribution in [0.2, 0.25) is 0 Å². The lowest BCUT2D eigenvalue weighted by Gasteiger charge is -2.22. The summed E-state index contributed by atoms with van der Waals surface area (Å²) in [5.41, 5.74) is 0.630. The Morgan fingerprint density at radius 1 is 1.56 bits per heavy atom. The summed E-state index contributed by atoms with van der Waals surface area (Å²) in [5, 5.41) is 11.5. The van der Waals surface area contributed by atoms with Gasteiger partial charge in [-0.1, -0.05) is 31.0 Å². The zero-order valence-corrected chi connectivity index (χ0v) is 15.0. The van der Waals surface area contributed by atoms with Gasteiger partial charge in [-0.2, -0.15) is 0 Å². The van der Waals surface area contributed by atoms with Crippen LogP contribution in [0, 0.1) is 0 Å². The molecular weight excluding hydrogens is 348 g/mol. The minimum Gasteiger partial charge on any atom is -0.445 e. The number of aliphatic hydroxyl groups excluding tert-OH is 1. The fraction of sp³-hybridized carbons (Fsp3) is 0.562. The first-order chi connectivity index (χ1) is 11.9. The molecule has 2 aliphatic heterocycles. The van der Waals surface area contributed by atoms with Gasteiger partial charge in [0.05, 0.1) is 5.70 Å². The van der Waals surface area contributed by atoms with Crippen LogP contribution in [0.15, 0.2) is 24.9 Å². The number of carbonyl (C=O) groups is 3. The van der Waals surface area contributed by atoms with Crippen LogP contribution in [0.25, 0.3) is 0 Å². The molecule has 25 heavy (non-hydrogen) atoms. The predicted molar refractivity (Wildman–Crippen MR) is 94.0 cm³/mol. The minimum absolute atomic E-state index is 0.0212. The largest absolute Gasteiger partial charge is 0.445 e. The number of alkyl carbamates (subject to hydrolysis) is 1. The van der Waals surface area contributed by atoms with E-state index >= 15 is 0 Å². The molecule has 0 aliphatic carbocycles. The van der Waals surface area contributed by atoms with E-state index in [0.717, 1.165) is 0 Å². The van der Waals surface area contributed by atoms with Gasteiger partial charge in [0, 0.05) is 31.4 Å². The quantitative estimate of drug-likeness (QED) is 0.707. The van der Waals surface area contributed by atoms with E-state index in [9.17, 15) is 14.4 Å². The van der Waals surface area contributed by atoms with Gasteiger partial charge >= 0.3 is 12.2 Å². The van der Waals surface area contributed by atoms with E-state index in [2.05, 4.69) is 23.2 Å². The van der Waals surface area contributed by atoms with Gasteiger partial charge < -0.3 is 19.5 Å². The van der Waals surface area contributed by atoms with Gasteiger partial charge in [-0.15, -0.1) is 0 Å². The standard InChI is InChI=1S/C12H19NO4S.C4H5NO2/c1-3-6-17-12(16)13-8-11(18-9(2)15)7-10(13)4-5-14;1-3-2-7-4(6)5-3/h3,10-11,14H,1,4-8H2,2H3;1-2H2,(H,5,6)/t10-,11-;/m0./s1. The summed E-state index contributed by atoms with van der Waals surface area (Å²) >= 11 is 1.25. The highest BCUT2D eigenvalue weighted by Crippen LogP contribution is 2.30. The molecule has 2 aliphatic rings. The van der Waals surface area contributed by atoms with E-state index in [0.29, 0.717) is 31.7 Å². The van der Waals surface area contributed by atoms with Crippen molar-refractivity contribution in [2.24, 2.45) is 0 Å². The summed E-state index contributed by atoms with van der Waals surface area (Å²) in [4.78, 5) is 34.5. The first kappa shape index (κ1) is 21.0. The Morgan fingerprint density at radius 2 is 2.28 bits per heavy atom.